The fraction of sp³-hybridized carbons (Fsp3) is 0.346. The Bertz CT molecular complexity index is 1250. The average molecular weight is 485 g/mol. The molecule has 5 N–H and O–H groups in total. The van der Waals surface area contributed by atoms with E-state index >= 15 is 0 Å². The van der Waals surface area contributed by atoms with Crippen LogP contribution in [0.15, 0.2) is 42.7 Å². The number of aromatic nitrogens is 2. The van der Waals surface area contributed by atoms with Crippen molar-refractivity contribution in [1.29, 1.82) is 0 Å². The van der Waals surface area contributed by atoms with E-state index in [4.69, 9.17) is 11.5 Å². The van der Waals surface area contributed by atoms with Crippen LogP contribution >= 0.6 is 0 Å². The van der Waals surface area contributed by atoms with Crippen molar-refractivity contribution in [3.63, 3.8) is 0 Å². The SMILES string of the molecule is C[C@H]1C[C@@H](c2ccncc2CC(=O)c2nc(-c3c(F)cccc3F)c(F)cc2N)C[C@@H](N)[C@]1(C)O. The van der Waals surface area contributed by atoms with Gasteiger partial charge in [-0.15, -0.1) is 0 Å². The van der Waals surface area contributed by atoms with Crippen LogP contribution in [0.3, 0.4) is 0 Å². The van der Waals surface area contributed by atoms with Gasteiger partial charge in [0.05, 0.1) is 16.9 Å². The van der Waals surface area contributed by atoms with Gasteiger partial charge in [0, 0.05) is 30.9 Å². The van der Waals surface area contributed by atoms with Crippen LogP contribution in [0.25, 0.3) is 11.3 Å². The van der Waals surface area contributed by atoms with Crippen molar-refractivity contribution in [3.8, 4) is 11.3 Å². The van der Waals surface area contributed by atoms with Crippen LogP contribution in [0.5, 0.6) is 0 Å². The second-order valence-electron chi connectivity index (χ2n) is 9.43. The van der Waals surface area contributed by atoms with Gasteiger partial charge in [0.25, 0.3) is 0 Å². The summed E-state index contributed by atoms with van der Waals surface area (Å²) >= 11 is 0. The van der Waals surface area contributed by atoms with Gasteiger partial charge in [-0.1, -0.05) is 13.0 Å². The van der Waals surface area contributed by atoms with Crippen LogP contribution in [-0.4, -0.2) is 32.5 Å². The number of nitrogens with zero attached hydrogens (tertiary/aromatic N) is 2. The van der Waals surface area contributed by atoms with E-state index in [1.165, 1.54) is 0 Å². The monoisotopic (exact) mass is 484 g/mol. The Kier molecular flexibility index (Phi) is 6.66. The van der Waals surface area contributed by atoms with Gasteiger partial charge in [-0.05, 0) is 60.9 Å². The van der Waals surface area contributed by atoms with Crippen LogP contribution in [0, 0.1) is 23.4 Å². The summed E-state index contributed by atoms with van der Waals surface area (Å²) in [6, 6.07) is 5.32. The third-order valence-electron chi connectivity index (χ3n) is 7.13. The first-order chi connectivity index (χ1) is 16.5. The van der Waals surface area contributed by atoms with Gasteiger partial charge >= 0.3 is 0 Å². The molecule has 4 atom stereocenters. The van der Waals surface area contributed by atoms with E-state index in [0.717, 1.165) is 29.8 Å². The van der Waals surface area contributed by atoms with E-state index in [9.17, 15) is 23.1 Å². The first-order valence-corrected chi connectivity index (χ1v) is 11.3. The number of hydrogen-bond acceptors (Lipinski definition) is 6. The fourth-order valence-corrected chi connectivity index (χ4v) is 4.79. The number of hydrogen-bond donors (Lipinski definition) is 3. The minimum atomic E-state index is -1.04. The number of pyridine rings is 2. The molecule has 0 spiro atoms. The van der Waals surface area contributed by atoms with Crippen LogP contribution in [0.1, 0.15) is 54.2 Å². The molecule has 1 aromatic carbocycles. The molecular formula is C26H27F3N4O2. The zero-order valence-corrected chi connectivity index (χ0v) is 19.4. The second kappa shape index (κ2) is 9.39. The van der Waals surface area contributed by atoms with Gasteiger partial charge in [0.15, 0.2) is 11.6 Å². The van der Waals surface area contributed by atoms with Gasteiger partial charge < -0.3 is 16.6 Å². The minimum absolute atomic E-state index is 0.00683. The summed E-state index contributed by atoms with van der Waals surface area (Å²) < 4.78 is 43.1. The van der Waals surface area contributed by atoms with Gasteiger partial charge in [-0.2, -0.15) is 0 Å². The Morgan fingerprint density at radius 3 is 2.51 bits per heavy atom. The number of carbonyl (C=O) groups is 1. The molecule has 1 fully saturated rings. The molecule has 0 radical (unpaired) electrons. The van der Waals surface area contributed by atoms with E-state index in [0.29, 0.717) is 18.4 Å². The van der Waals surface area contributed by atoms with Crippen molar-refractivity contribution in [2.45, 2.75) is 50.7 Å². The molecule has 184 valence electrons. The first kappa shape index (κ1) is 24.8. The highest BCUT2D eigenvalue weighted by molar-refractivity contribution is 6.00. The van der Waals surface area contributed by atoms with Crippen molar-refractivity contribution >= 4 is 11.5 Å². The molecule has 0 unspecified atom stereocenters. The van der Waals surface area contributed by atoms with Crippen LogP contribution in [0.4, 0.5) is 18.9 Å². The number of Topliss-reactive ketones (excluding diaryl/α,β-unsaturated/α-hetero) is 1. The summed E-state index contributed by atoms with van der Waals surface area (Å²) in [5, 5.41) is 10.7. The van der Waals surface area contributed by atoms with Gasteiger partial charge in [0.2, 0.25) is 0 Å². The van der Waals surface area contributed by atoms with Crippen molar-refractivity contribution in [3.05, 3.63) is 77.0 Å². The number of ketones is 1. The van der Waals surface area contributed by atoms with E-state index in [2.05, 4.69) is 9.97 Å². The lowest BCUT2D eigenvalue weighted by Gasteiger charge is -2.44. The molecule has 1 aliphatic rings. The van der Waals surface area contributed by atoms with E-state index in [1.54, 1.807) is 19.3 Å². The quantitative estimate of drug-likeness (QED) is 0.469. The normalized spacial score (nSPS) is 24.4. The molecule has 0 aliphatic heterocycles. The molecule has 1 aliphatic carbocycles. The van der Waals surface area contributed by atoms with E-state index in [1.807, 2.05) is 13.0 Å². The third kappa shape index (κ3) is 4.66. The molecule has 4 rings (SSSR count). The predicted molar refractivity (Wildman–Crippen MR) is 126 cm³/mol. The molecule has 2 aromatic heterocycles. The van der Waals surface area contributed by atoms with E-state index < -0.39 is 46.1 Å². The number of anilines is 1. The maximum atomic E-state index is 14.6. The van der Waals surface area contributed by atoms with Crippen molar-refractivity contribution < 1.29 is 23.1 Å². The fourth-order valence-electron chi connectivity index (χ4n) is 4.79. The van der Waals surface area contributed by atoms with Crippen LogP contribution in [0.2, 0.25) is 0 Å². The molecule has 9 heteroatoms. The number of aliphatic hydroxyl groups is 1. The number of carbonyl (C=O) groups excluding carboxylic acids is 1. The van der Waals surface area contributed by atoms with Crippen LogP contribution < -0.4 is 11.5 Å². The summed E-state index contributed by atoms with van der Waals surface area (Å²) in [7, 11) is 0. The lowest BCUT2D eigenvalue weighted by atomic mass is 9.67. The zero-order chi connectivity index (χ0) is 25.5. The largest absolute Gasteiger partial charge is 0.397 e. The molecule has 2 heterocycles. The van der Waals surface area contributed by atoms with Gasteiger partial charge in [-0.3, -0.25) is 9.78 Å². The Morgan fingerprint density at radius 1 is 1.17 bits per heavy atom. The number of rotatable bonds is 5. The minimum Gasteiger partial charge on any atom is -0.397 e. The van der Waals surface area contributed by atoms with Crippen LogP contribution in [-0.2, 0) is 6.42 Å². The summed E-state index contributed by atoms with van der Waals surface area (Å²) in [4.78, 5) is 21.3. The highest BCUT2D eigenvalue weighted by Crippen LogP contribution is 2.42. The molecule has 35 heavy (non-hydrogen) atoms. The Balaban J connectivity index is 1.67. The second-order valence-corrected chi connectivity index (χ2v) is 9.43. The summed E-state index contributed by atoms with van der Waals surface area (Å²) in [5.41, 5.74) is 10.8. The number of halogens is 3. The molecule has 6 nitrogen and oxygen atoms in total. The van der Waals surface area contributed by atoms with E-state index in [-0.39, 0.29) is 29.6 Å². The predicted octanol–water partition coefficient (Wildman–Crippen LogP) is 4.16. The first-order valence-electron chi connectivity index (χ1n) is 11.3. The number of benzene rings is 1. The maximum absolute atomic E-state index is 14.6. The Morgan fingerprint density at radius 2 is 1.86 bits per heavy atom. The summed E-state index contributed by atoms with van der Waals surface area (Å²) in [5.74, 6) is -3.68. The van der Waals surface area contributed by atoms with Crippen molar-refractivity contribution in [2.24, 2.45) is 11.7 Å². The standard InChI is InChI=1S/C26H27F3N4O2/c1-13-8-14(10-22(31)26(13,2)35)16-6-7-32-12-15(16)9-21(34)25-20(30)11-19(29)24(33-25)23-17(27)4-3-5-18(23)28/h3-7,11-14,22,35H,8-10,30-31H2,1-2H3/t13-,14+,22+,26+/m0/s1. The Labute approximate surface area is 201 Å². The highest BCUT2D eigenvalue weighted by atomic mass is 19.1. The lowest BCUT2D eigenvalue weighted by molar-refractivity contribution is -0.0464. The lowest BCUT2D eigenvalue weighted by Crippen LogP contribution is -2.54. The van der Waals surface area contributed by atoms with Crippen molar-refractivity contribution in [2.75, 3.05) is 5.73 Å². The molecule has 0 bridgehead atoms. The number of nitrogen functional groups attached to an aromatic ring is 1. The smallest absolute Gasteiger partial charge is 0.187 e. The highest BCUT2D eigenvalue weighted by Gasteiger charge is 2.42. The Hall–Kier alpha value is -3.30. The molecule has 1 saturated carbocycles. The average Bonchev–Trinajstić information content (AvgIpc) is 2.79. The third-order valence-corrected chi connectivity index (χ3v) is 7.13. The zero-order valence-electron chi connectivity index (χ0n) is 19.4. The summed E-state index contributed by atoms with van der Waals surface area (Å²) in [6.45, 7) is 3.67. The van der Waals surface area contributed by atoms with Gasteiger partial charge in [-0.25, -0.2) is 18.2 Å². The molecular weight excluding hydrogens is 457 g/mol. The van der Waals surface area contributed by atoms with Crippen molar-refractivity contribution in [1.82, 2.24) is 9.97 Å². The topological polar surface area (TPSA) is 115 Å². The molecule has 0 amide bonds. The summed E-state index contributed by atoms with van der Waals surface area (Å²) in [6.07, 6.45) is 4.22. The number of nitrogens with two attached hydrogens (primary N) is 2. The maximum Gasteiger partial charge on any atom is 0.187 e. The molecule has 3 aromatic rings. The van der Waals surface area contributed by atoms with Gasteiger partial charge in [0.1, 0.15) is 23.0 Å². The molecule has 0 saturated heterocycles.